The van der Waals surface area contributed by atoms with Gasteiger partial charge in [0.25, 0.3) is 0 Å². The molecule has 212 valence electrons. The zero-order chi connectivity index (χ0) is 28.7. The van der Waals surface area contributed by atoms with Gasteiger partial charge in [0.1, 0.15) is 17.7 Å². The van der Waals surface area contributed by atoms with Crippen molar-refractivity contribution < 1.29 is 23.9 Å². The Balaban J connectivity index is 2.53. The summed E-state index contributed by atoms with van der Waals surface area (Å²) in [5.41, 5.74) is 5.36. The molecule has 0 saturated heterocycles. The molecule has 0 aliphatic heterocycles. The molecule has 4 N–H and O–H groups in total. The summed E-state index contributed by atoms with van der Waals surface area (Å²) in [6.45, 7) is 12.6. The van der Waals surface area contributed by atoms with E-state index in [9.17, 15) is 19.2 Å². The Morgan fingerprint density at radius 3 is 2.16 bits per heavy atom. The number of nitrogens with two attached hydrogens (primary N) is 1. The molecule has 2 rings (SSSR count). The lowest BCUT2D eigenvalue weighted by atomic mass is 9.91. The highest BCUT2D eigenvalue weighted by molar-refractivity contribution is 5.93. The number of hydrogen-bond acceptors (Lipinski definition) is 5. The van der Waals surface area contributed by atoms with E-state index in [4.69, 9.17) is 10.5 Å². The number of amides is 4. The molecular formula is C29H46N4O5. The van der Waals surface area contributed by atoms with Gasteiger partial charge in [0, 0.05) is 18.0 Å². The van der Waals surface area contributed by atoms with Crippen LogP contribution in [-0.4, -0.2) is 51.9 Å². The van der Waals surface area contributed by atoms with Crippen LogP contribution in [0.3, 0.4) is 0 Å². The monoisotopic (exact) mass is 530 g/mol. The highest BCUT2D eigenvalue weighted by Gasteiger charge is 2.42. The molecule has 2 atom stereocenters. The van der Waals surface area contributed by atoms with Gasteiger partial charge in [-0.15, -0.1) is 0 Å². The largest absolute Gasteiger partial charge is 0.444 e. The number of rotatable bonds is 9. The number of aryl methyl sites for hydroxylation is 1. The van der Waals surface area contributed by atoms with Crippen LogP contribution in [0.2, 0.25) is 0 Å². The molecule has 9 nitrogen and oxygen atoms in total. The van der Waals surface area contributed by atoms with E-state index in [1.165, 1.54) is 4.90 Å². The first-order chi connectivity index (χ1) is 17.6. The van der Waals surface area contributed by atoms with E-state index in [2.05, 4.69) is 10.6 Å². The fourth-order valence-electron chi connectivity index (χ4n) is 4.83. The van der Waals surface area contributed by atoms with Crippen LogP contribution >= 0.6 is 0 Å². The predicted molar refractivity (Wildman–Crippen MR) is 147 cm³/mol. The maximum Gasteiger partial charge on any atom is 0.408 e. The van der Waals surface area contributed by atoms with E-state index in [1.807, 2.05) is 52.0 Å². The van der Waals surface area contributed by atoms with Gasteiger partial charge in [-0.3, -0.25) is 14.4 Å². The second-order valence-electron chi connectivity index (χ2n) is 12.2. The molecule has 2 unspecified atom stereocenters. The number of alkyl carbamates (subject to hydrolysis) is 1. The van der Waals surface area contributed by atoms with Crippen LogP contribution in [0.4, 0.5) is 4.79 Å². The Labute approximate surface area is 227 Å². The van der Waals surface area contributed by atoms with Crippen molar-refractivity contribution in [1.82, 2.24) is 15.5 Å². The third-order valence-corrected chi connectivity index (χ3v) is 6.57. The summed E-state index contributed by atoms with van der Waals surface area (Å²) in [5, 5.41) is 5.82. The van der Waals surface area contributed by atoms with Crippen molar-refractivity contribution in [2.45, 2.75) is 123 Å². The highest BCUT2D eigenvalue weighted by Crippen LogP contribution is 2.33. The van der Waals surface area contributed by atoms with Crippen molar-refractivity contribution in [3.05, 3.63) is 35.4 Å². The van der Waals surface area contributed by atoms with Crippen LogP contribution in [0.25, 0.3) is 0 Å². The summed E-state index contributed by atoms with van der Waals surface area (Å²) in [7, 11) is 0. The van der Waals surface area contributed by atoms with Crippen molar-refractivity contribution in [2.75, 3.05) is 0 Å². The van der Waals surface area contributed by atoms with Crippen LogP contribution in [-0.2, 0) is 19.1 Å². The summed E-state index contributed by atoms with van der Waals surface area (Å²) in [5.74, 6) is -1.35. The minimum absolute atomic E-state index is 0.0231. The minimum Gasteiger partial charge on any atom is -0.444 e. The van der Waals surface area contributed by atoms with Crippen molar-refractivity contribution in [3.63, 3.8) is 0 Å². The molecule has 0 aromatic heterocycles. The predicted octanol–water partition coefficient (Wildman–Crippen LogP) is 4.27. The molecule has 0 spiro atoms. The van der Waals surface area contributed by atoms with Gasteiger partial charge in [-0.05, 0) is 78.9 Å². The number of nitrogens with one attached hydrogen (secondary N) is 2. The molecule has 1 fully saturated rings. The average Bonchev–Trinajstić information content (AvgIpc) is 2.79. The van der Waals surface area contributed by atoms with Gasteiger partial charge in [0.2, 0.25) is 17.7 Å². The molecule has 0 radical (unpaired) electrons. The molecule has 1 aromatic carbocycles. The maximum atomic E-state index is 14.2. The molecule has 38 heavy (non-hydrogen) atoms. The van der Waals surface area contributed by atoms with E-state index >= 15 is 0 Å². The molecule has 1 aromatic rings. The fraction of sp³-hybridized carbons (Fsp3) is 0.655. The molecule has 9 heteroatoms. The van der Waals surface area contributed by atoms with E-state index in [-0.39, 0.29) is 24.8 Å². The lowest BCUT2D eigenvalue weighted by molar-refractivity contribution is -0.149. The first-order valence-electron chi connectivity index (χ1n) is 13.6. The zero-order valence-electron chi connectivity index (χ0n) is 24.1. The Hall–Kier alpha value is -3.10. The summed E-state index contributed by atoms with van der Waals surface area (Å²) in [4.78, 5) is 54.0. The maximum absolute atomic E-state index is 14.2. The Bertz CT molecular complexity index is 989. The molecule has 1 aliphatic rings. The summed E-state index contributed by atoms with van der Waals surface area (Å²) in [6, 6.07) is 5.48. The van der Waals surface area contributed by atoms with Gasteiger partial charge in [-0.2, -0.15) is 0 Å². The molecule has 4 amide bonds. The van der Waals surface area contributed by atoms with Gasteiger partial charge in [-0.25, -0.2) is 4.79 Å². The number of benzene rings is 1. The topological polar surface area (TPSA) is 131 Å². The van der Waals surface area contributed by atoms with Crippen LogP contribution in [0.1, 0.15) is 104 Å². The third-order valence-electron chi connectivity index (χ3n) is 6.57. The SMILES string of the molecule is Cc1ccccc1C(C(=O)NC1CCCCC1)N(C(=O)C(CCC(N)=O)NC(=O)OC(C)(C)C)C(C)(C)C. The number of carbonyl (C=O) groups is 4. The van der Waals surface area contributed by atoms with Crippen molar-refractivity contribution in [2.24, 2.45) is 5.73 Å². The third kappa shape index (κ3) is 9.33. The van der Waals surface area contributed by atoms with Crippen LogP contribution in [0.5, 0.6) is 0 Å². The van der Waals surface area contributed by atoms with E-state index in [1.54, 1.807) is 20.8 Å². The van der Waals surface area contributed by atoms with Gasteiger partial charge < -0.3 is 26.0 Å². The van der Waals surface area contributed by atoms with Crippen molar-refractivity contribution in [1.29, 1.82) is 0 Å². The van der Waals surface area contributed by atoms with Gasteiger partial charge in [0.05, 0.1) is 0 Å². The quantitative estimate of drug-likeness (QED) is 0.439. The standard InChI is InChI=1S/C29H46N4O5/c1-19-13-11-12-16-21(19)24(25(35)31-20-14-9-8-10-15-20)33(28(2,3)4)26(36)22(17-18-23(30)34)32-27(37)38-29(5,6)7/h11-13,16,20,22,24H,8-10,14-15,17-18H2,1-7H3,(H2,30,34)(H,31,35)(H,32,37). The van der Waals surface area contributed by atoms with E-state index in [0.717, 1.165) is 37.7 Å². The normalized spacial score (nSPS) is 16.2. The number of primary amides is 1. The number of nitrogens with zero attached hydrogens (tertiary/aromatic N) is 1. The fourth-order valence-corrected chi connectivity index (χ4v) is 4.83. The van der Waals surface area contributed by atoms with Crippen molar-refractivity contribution in [3.8, 4) is 0 Å². The summed E-state index contributed by atoms with van der Waals surface area (Å²) < 4.78 is 5.39. The minimum atomic E-state index is -1.12. The number of hydrogen-bond donors (Lipinski definition) is 3. The van der Waals surface area contributed by atoms with Crippen molar-refractivity contribution >= 4 is 23.8 Å². The van der Waals surface area contributed by atoms with Gasteiger partial charge in [-0.1, -0.05) is 43.5 Å². The first-order valence-corrected chi connectivity index (χ1v) is 13.6. The number of ether oxygens (including phenoxy) is 1. The molecule has 1 aliphatic carbocycles. The van der Waals surface area contributed by atoms with E-state index in [0.29, 0.717) is 5.56 Å². The molecule has 0 bridgehead atoms. The van der Waals surface area contributed by atoms with Gasteiger partial charge in [0.15, 0.2) is 0 Å². The van der Waals surface area contributed by atoms with Crippen LogP contribution in [0.15, 0.2) is 24.3 Å². The molecule has 1 saturated carbocycles. The van der Waals surface area contributed by atoms with Crippen LogP contribution in [0, 0.1) is 6.92 Å². The van der Waals surface area contributed by atoms with E-state index < -0.39 is 41.1 Å². The lowest BCUT2D eigenvalue weighted by Gasteiger charge is -2.44. The second kappa shape index (κ2) is 13.1. The Kier molecular flexibility index (Phi) is 10.7. The molecule has 0 heterocycles. The average molecular weight is 531 g/mol. The lowest BCUT2D eigenvalue weighted by Crippen LogP contribution is -2.59. The highest BCUT2D eigenvalue weighted by atomic mass is 16.6. The first kappa shape index (κ1) is 31.1. The Morgan fingerprint density at radius 1 is 1.03 bits per heavy atom. The Morgan fingerprint density at radius 2 is 1.63 bits per heavy atom. The second-order valence-corrected chi connectivity index (χ2v) is 12.2. The van der Waals surface area contributed by atoms with Gasteiger partial charge >= 0.3 is 6.09 Å². The van der Waals surface area contributed by atoms with Crippen LogP contribution < -0.4 is 16.4 Å². The zero-order valence-corrected chi connectivity index (χ0v) is 24.1. The smallest absolute Gasteiger partial charge is 0.408 e. The summed E-state index contributed by atoms with van der Waals surface area (Å²) in [6.07, 6.45) is 4.13. The number of carbonyl (C=O) groups excluding carboxylic acids is 4. The molecular weight excluding hydrogens is 484 g/mol. The summed E-state index contributed by atoms with van der Waals surface area (Å²) >= 11 is 0.